The first-order valence-electron chi connectivity index (χ1n) is 8.55. The van der Waals surface area contributed by atoms with E-state index >= 15 is 0 Å². The summed E-state index contributed by atoms with van der Waals surface area (Å²) in [7, 11) is 0. The molecule has 7 nitrogen and oxygen atoms in total. The lowest BCUT2D eigenvalue weighted by atomic mass is 10.1. The Balaban J connectivity index is 1.75. The topological polar surface area (TPSA) is 90.0 Å². The van der Waals surface area contributed by atoms with E-state index in [2.05, 4.69) is 15.5 Å². The fourth-order valence-corrected chi connectivity index (χ4v) is 3.51. The van der Waals surface area contributed by atoms with Crippen molar-refractivity contribution in [2.75, 3.05) is 5.32 Å². The average Bonchev–Trinajstić information content (AvgIpc) is 3.31. The maximum absolute atomic E-state index is 12.6. The highest BCUT2D eigenvalue weighted by Crippen LogP contribution is 2.28. The van der Waals surface area contributed by atoms with E-state index in [1.807, 2.05) is 17.6 Å². The Morgan fingerprint density at radius 1 is 1.22 bits per heavy atom. The highest BCUT2D eigenvalue weighted by Gasteiger charge is 2.22. The van der Waals surface area contributed by atoms with Crippen molar-refractivity contribution in [1.82, 2.24) is 14.8 Å². The van der Waals surface area contributed by atoms with Gasteiger partial charge in [-0.25, -0.2) is 0 Å². The fourth-order valence-electron chi connectivity index (χ4n) is 2.59. The molecule has 0 aliphatic carbocycles. The number of para-hydroxylation sites is 1. The van der Waals surface area contributed by atoms with Crippen molar-refractivity contribution in [2.24, 2.45) is 0 Å². The number of carbonyl (C=O) groups is 2. The van der Waals surface area contributed by atoms with Crippen LogP contribution in [0.1, 0.15) is 31.1 Å². The Kier molecular flexibility index (Phi) is 5.75. The molecular weight excluding hydrogens is 364 g/mol. The van der Waals surface area contributed by atoms with Gasteiger partial charge < -0.3 is 9.73 Å². The van der Waals surface area contributed by atoms with Gasteiger partial charge in [0.2, 0.25) is 5.91 Å². The van der Waals surface area contributed by atoms with Crippen molar-refractivity contribution < 1.29 is 14.0 Å². The van der Waals surface area contributed by atoms with E-state index in [-0.39, 0.29) is 11.7 Å². The molecule has 0 saturated heterocycles. The highest BCUT2D eigenvalue weighted by molar-refractivity contribution is 8.00. The van der Waals surface area contributed by atoms with Crippen molar-refractivity contribution in [3.05, 3.63) is 48.2 Å². The van der Waals surface area contributed by atoms with Crippen molar-refractivity contribution in [3.8, 4) is 11.6 Å². The van der Waals surface area contributed by atoms with Crippen LogP contribution in [0.15, 0.2) is 52.2 Å². The lowest BCUT2D eigenvalue weighted by Gasteiger charge is -2.14. The molecule has 1 unspecified atom stereocenters. The van der Waals surface area contributed by atoms with E-state index in [1.165, 1.54) is 18.7 Å². The monoisotopic (exact) mass is 384 g/mol. The third-order valence-corrected chi connectivity index (χ3v) is 5.07. The van der Waals surface area contributed by atoms with E-state index in [9.17, 15) is 9.59 Å². The normalized spacial score (nSPS) is 12.0. The van der Waals surface area contributed by atoms with Gasteiger partial charge in [0.1, 0.15) is 0 Å². The van der Waals surface area contributed by atoms with Crippen LogP contribution in [0.4, 0.5) is 5.69 Å². The molecule has 0 fully saturated rings. The van der Waals surface area contributed by atoms with Crippen LogP contribution in [0.2, 0.25) is 0 Å². The second kappa shape index (κ2) is 8.22. The second-order valence-corrected chi connectivity index (χ2v) is 7.19. The summed E-state index contributed by atoms with van der Waals surface area (Å²) in [6.45, 7) is 5.89. The molecule has 1 aromatic carbocycles. The number of thioether (sulfide) groups is 1. The van der Waals surface area contributed by atoms with Crippen LogP contribution in [0.25, 0.3) is 11.6 Å². The largest absolute Gasteiger partial charge is 0.461 e. The van der Waals surface area contributed by atoms with Crippen molar-refractivity contribution in [1.29, 1.82) is 0 Å². The molecule has 0 aliphatic rings. The summed E-state index contributed by atoms with van der Waals surface area (Å²) in [5, 5.41) is 11.4. The van der Waals surface area contributed by atoms with Gasteiger partial charge in [-0.2, -0.15) is 0 Å². The third-order valence-electron chi connectivity index (χ3n) is 3.99. The van der Waals surface area contributed by atoms with Crippen molar-refractivity contribution in [3.63, 3.8) is 0 Å². The van der Waals surface area contributed by atoms with Gasteiger partial charge in [-0.1, -0.05) is 23.9 Å². The first kappa shape index (κ1) is 18.9. The van der Waals surface area contributed by atoms with Gasteiger partial charge in [0.25, 0.3) is 0 Å². The lowest BCUT2D eigenvalue weighted by Crippen LogP contribution is -2.24. The molecule has 0 spiro atoms. The number of furan rings is 1. The quantitative estimate of drug-likeness (QED) is 0.491. The number of ketones is 1. The number of carbonyl (C=O) groups excluding carboxylic acids is 2. The highest BCUT2D eigenvalue weighted by atomic mass is 32.2. The van der Waals surface area contributed by atoms with Crippen LogP contribution < -0.4 is 5.32 Å². The Morgan fingerprint density at radius 2 is 2.00 bits per heavy atom. The fraction of sp³-hybridized carbons (Fsp3) is 0.263. The number of benzene rings is 1. The smallest absolute Gasteiger partial charge is 0.237 e. The summed E-state index contributed by atoms with van der Waals surface area (Å²) in [4.78, 5) is 24.3. The first-order valence-corrected chi connectivity index (χ1v) is 9.43. The number of rotatable bonds is 7. The van der Waals surface area contributed by atoms with Crippen LogP contribution in [-0.2, 0) is 11.3 Å². The van der Waals surface area contributed by atoms with Gasteiger partial charge >= 0.3 is 0 Å². The zero-order chi connectivity index (χ0) is 19.4. The van der Waals surface area contributed by atoms with Crippen molar-refractivity contribution in [2.45, 2.75) is 37.7 Å². The molecule has 1 amide bonds. The Bertz CT molecular complexity index is 950. The molecule has 0 saturated carbocycles. The SMILES string of the molecule is CCn1c(SC(C)C(=O)Nc2ccccc2C(C)=O)nnc1-c1ccco1. The van der Waals surface area contributed by atoms with E-state index in [0.29, 0.717) is 34.5 Å². The summed E-state index contributed by atoms with van der Waals surface area (Å²) in [5.74, 6) is 0.946. The number of hydrogen-bond acceptors (Lipinski definition) is 6. The molecule has 3 rings (SSSR count). The molecule has 140 valence electrons. The number of amides is 1. The van der Waals surface area contributed by atoms with Crippen LogP contribution in [-0.4, -0.2) is 31.7 Å². The van der Waals surface area contributed by atoms with E-state index in [4.69, 9.17) is 4.42 Å². The molecule has 2 heterocycles. The summed E-state index contributed by atoms with van der Waals surface area (Å²) < 4.78 is 7.30. The van der Waals surface area contributed by atoms with E-state index in [1.54, 1.807) is 43.5 Å². The first-order chi connectivity index (χ1) is 13.0. The zero-order valence-electron chi connectivity index (χ0n) is 15.3. The van der Waals surface area contributed by atoms with Gasteiger partial charge in [-0.3, -0.25) is 14.2 Å². The van der Waals surface area contributed by atoms with Gasteiger partial charge in [-0.15, -0.1) is 10.2 Å². The average molecular weight is 384 g/mol. The molecule has 2 aromatic heterocycles. The van der Waals surface area contributed by atoms with Crippen LogP contribution in [0.5, 0.6) is 0 Å². The molecule has 0 aliphatic heterocycles. The predicted molar refractivity (Wildman–Crippen MR) is 104 cm³/mol. The van der Waals surface area contributed by atoms with E-state index < -0.39 is 5.25 Å². The van der Waals surface area contributed by atoms with Gasteiger partial charge in [-0.05, 0) is 45.0 Å². The number of hydrogen-bond donors (Lipinski definition) is 1. The van der Waals surface area contributed by atoms with Gasteiger partial charge in [0.05, 0.1) is 17.2 Å². The standard InChI is InChI=1S/C19H20N4O3S/c1-4-23-17(16-10-7-11-26-16)21-22-19(23)27-13(3)18(25)20-15-9-6-5-8-14(15)12(2)24/h5-11,13H,4H2,1-3H3,(H,20,25). The number of Topliss-reactive ketones (excluding diaryl/α,β-unsaturated/α-hetero) is 1. The van der Waals surface area contributed by atoms with Gasteiger partial charge in [0.15, 0.2) is 22.5 Å². The Morgan fingerprint density at radius 3 is 2.67 bits per heavy atom. The number of nitrogens with one attached hydrogen (secondary N) is 1. The lowest BCUT2D eigenvalue weighted by molar-refractivity contribution is -0.115. The Labute approximate surface area is 161 Å². The summed E-state index contributed by atoms with van der Waals surface area (Å²) >= 11 is 1.31. The minimum Gasteiger partial charge on any atom is -0.461 e. The predicted octanol–water partition coefficient (Wildman–Crippen LogP) is 3.88. The molecular formula is C19H20N4O3S. The maximum Gasteiger partial charge on any atom is 0.237 e. The van der Waals surface area contributed by atoms with Gasteiger partial charge in [0, 0.05) is 12.1 Å². The Hall–Kier alpha value is -2.87. The molecule has 0 radical (unpaired) electrons. The molecule has 27 heavy (non-hydrogen) atoms. The minimum absolute atomic E-state index is 0.0972. The summed E-state index contributed by atoms with van der Waals surface area (Å²) in [6, 6.07) is 10.6. The number of aromatic nitrogens is 3. The second-order valence-electron chi connectivity index (χ2n) is 5.88. The summed E-state index contributed by atoms with van der Waals surface area (Å²) in [5.41, 5.74) is 0.996. The van der Waals surface area contributed by atoms with Crippen molar-refractivity contribution >= 4 is 29.1 Å². The molecule has 3 aromatic rings. The molecule has 8 heteroatoms. The molecule has 1 atom stereocenters. The minimum atomic E-state index is -0.427. The maximum atomic E-state index is 12.6. The molecule has 0 bridgehead atoms. The van der Waals surface area contributed by atoms with Crippen LogP contribution in [0.3, 0.4) is 0 Å². The number of anilines is 1. The molecule has 1 N–H and O–H groups in total. The van der Waals surface area contributed by atoms with Crippen LogP contribution >= 0.6 is 11.8 Å². The van der Waals surface area contributed by atoms with Crippen LogP contribution in [0, 0.1) is 0 Å². The zero-order valence-corrected chi connectivity index (χ0v) is 16.1. The summed E-state index contributed by atoms with van der Waals surface area (Å²) in [6.07, 6.45) is 1.58. The third kappa shape index (κ3) is 4.11. The van der Waals surface area contributed by atoms with E-state index in [0.717, 1.165) is 0 Å². The number of nitrogens with zero attached hydrogens (tertiary/aromatic N) is 3.